The Morgan fingerprint density at radius 2 is 1.75 bits per heavy atom. The van der Waals surface area contributed by atoms with Crippen molar-refractivity contribution in [1.29, 1.82) is 0 Å². The van der Waals surface area contributed by atoms with Crippen LogP contribution in [0.4, 0.5) is 5.82 Å². The van der Waals surface area contributed by atoms with Crippen LogP contribution in [0.2, 0.25) is 0 Å². The second-order valence-electron chi connectivity index (χ2n) is 5.86. The normalized spacial score (nSPS) is 11.8. The van der Waals surface area contributed by atoms with Gasteiger partial charge in [-0.3, -0.25) is 4.79 Å². The summed E-state index contributed by atoms with van der Waals surface area (Å²) < 4.78 is 31.5. The highest BCUT2D eigenvalue weighted by Gasteiger charge is 2.26. The predicted molar refractivity (Wildman–Crippen MR) is 90.3 cm³/mol. The summed E-state index contributed by atoms with van der Waals surface area (Å²) in [6.07, 6.45) is 0. The number of hydrogen-bond acceptors (Lipinski definition) is 5. The van der Waals surface area contributed by atoms with Crippen molar-refractivity contribution in [3.8, 4) is 0 Å². The van der Waals surface area contributed by atoms with Gasteiger partial charge in [0.15, 0.2) is 5.82 Å². The molecule has 0 atom stereocenters. The standard InChI is InChI=1S/C16H21N3O4S/c1-10-6-11(2)16(12(3)7-10)24(21,22)19(5)9-15(20)17-14-8-13(4)23-18-14/h6-8H,9H2,1-5H3,(H,17,18,20). The Morgan fingerprint density at radius 3 is 2.25 bits per heavy atom. The molecule has 0 aliphatic heterocycles. The van der Waals surface area contributed by atoms with E-state index in [1.54, 1.807) is 26.8 Å². The molecule has 0 fully saturated rings. The highest BCUT2D eigenvalue weighted by molar-refractivity contribution is 7.89. The van der Waals surface area contributed by atoms with Gasteiger partial charge in [0.1, 0.15) is 5.76 Å². The number of anilines is 1. The van der Waals surface area contributed by atoms with Crippen LogP contribution in [0.15, 0.2) is 27.6 Å². The van der Waals surface area contributed by atoms with Crippen LogP contribution in [0.5, 0.6) is 0 Å². The van der Waals surface area contributed by atoms with E-state index in [1.165, 1.54) is 7.05 Å². The number of benzene rings is 1. The van der Waals surface area contributed by atoms with Gasteiger partial charge in [-0.2, -0.15) is 4.31 Å². The lowest BCUT2D eigenvalue weighted by Gasteiger charge is -2.20. The molecule has 0 aliphatic carbocycles. The molecule has 0 saturated carbocycles. The number of rotatable bonds is 5. The molecule has 8 heteroatoms. The topological polar surface area (TPSA) is 92.5 Å². The molecule has 0 aliphatic rings. The molecule has 0 radical (unpaired) electrons. The monoisotopic (exact) mass is 351 g/mol. The first-order chi connectivity index (χ1) is 11.1. The number of sulfonamides is 1. The number of likely N-dealkylation sites (N-methyl/N-ethyl adjacent to an activating group) is 1. The molecule has 0 spiro atoms. The number of carbonyl (C=O) groups excluding carboxylic acids is 1. The van der Waals surface area contributed by atoms with Crippen LogP contribution < -0.4 is 5.32 Å². The van der Waals surface area contributed by atoms with Crippen LogP contribution in [0.3, 0.4) is 0 Å². The van der Waals surface area contributed by atoms with Gasteiger partial charge in [-0.15, -0.1) is 0 Å². The Balaban J connectivity index is 2.19. The van der Waals surface area contributed by atoms with Gasteiger partial charge in [0.2, 0.25) is 15.9 Å². The van der Waals surface area contributed by atoms with Gasteiger partial charge in [-0.1, -0.05) is 22.9 Å². The molecular formula is C16H21N3O4S. The summed E-state index contributed by atoms with van der Waals surface area (Å²) in [6, 6.07) is 5.18. The van der Waals surface area contributed by atoms with E-state index in [0.717, 1.165) is 9.87 Å². The molecule has 1 aromatic carbocycles. The molecule has 7 nitrogen and oxygen atoms in total. The molecule has 2 rings (SSSR count). The van der Waals surface area contributed by atoms with Gasteiger partial charge in [0, 0.05) is 13.1 Å². The highest BCUT2D eigenvalue weighted by atomic mass is 32.2. The van der Waals surface area contributed by atoms with Crippen LogP contribution in [-0.4, -0.2) is 37.4 Å². The first-order valence-corrected chi connectivity index (χ1v) is 8.82. The van der Waals surface area contributed by atoms with Crippen LogP contribution in [0.1, 0.15) is 22.5 Å². The minimum Gasteiger partial charge on any atom is -0.360 e. The summed E-state index contributed by atoms with van der Waals surface area (Å²) in [5.41, 5.74) is 2.31. The smallest absolute Gasteiger partial charge is 0.243 e. The van der Waals surface area contributed by atoms with Crippen molar-refractivity contribution in [2.24, 2.45) is 0 Å². The Labute approximate surface area is 141 Å². The quantitative estimate of drug-likeness (QED) is 0.891. The molecule has 0 saturated heterocycles. The zero-order valence-corrected chi connectivity index (χ0v) is 15.2. The molecule has 1 amide bonds. The summed E-state index contributed by atoms with van der Waals surface area (Å²) in [5.74, 6) is 0.319. The fourth-order valence-corrected chi connectivity index (χ4v) is 4.15. The second-order valence-corrected chi connectivity index (χ2v) is 7.84. The Morgan fingerprint density at radius 1 is 1.17 bits per heavy atom. The fourth-order valence-electron chi connectivity index (χ4n) is 2.62. The first-order valence-electron chi connectivity index (χ1n) is 7.38. The largest absolute Gasteiger partial charge is 0.360 e. The number of hydrogen-bond donors (Lipinski definition) is 1. The van der Waals surface area contributed by atoms with Crippen LogP contribution in [-0.2, 0) is 14.8 Å². The van der Waals surface area contributed by atoms with Crippen molar-refractivity contribution in [3.05, 3.63) is 40.6 Å². The number of amides is 1. The van der Waals surface area contributed by atoms with Crippen molar-refractivity contribution < 1.29 is 17.7 Å². The van der Waals surface area contributed by atoms with Crippen LogP contribution in [0.25, 0.3) is 0 Å². The molecule has 1 aromatic heterocycles. The number of nitrogens with zero attached hydrogens (tertiary/aromatic N) is 2. The molecular weight excluding hydrogens is 330 g/mol. The lowest BCUT2D eigenvalue weighted by Crippen LogP contribution is -2.35. The fraction of sp³-hybridized carbons (Fsp3) is 0.375. The van der Waals surface area contributed by atoms with E-state index >= 15 is 0 Å². The SMILES string of the molecule is Cc1cc(C)c(S(=O)(=O)N(C)CC(=O)Nc2cc(C)on2)c(C)c1. The lowest BCUT2D eigenvalue weighted by atomic mass is 10.1. The molecule has 24 heavy (non-hydrogen) atoms. The average molecular weight is 351 g/mol. The number of aryl methyl sites for hydroxylation is 4. The molecule has 130 valence electrons. The van der Waals surface area contributed by atoms with Gasteiger partial charge in [0.25, 0.3) is 0 Å². The summed E-state index contributed by atoms with van der Waals surface area (Å²) in [6.45, 7) is 6.79. The maximum atomic E-state index is 12.8. The summed E-state index contributed by atoms with van der Waals surface area (Å²) >= 11 is 0. The van der Waals surface area contributed by atoms with Crippen LogP contribution >= 0.6 is 0 Å². The van der Waals surface area contributed by atoms with Crippen molar-refractivity contribution in [3.63, 3.8) is 0 Å². The van der Waals surface area contributed by atoms with Gasteiger partial charge in [-0.05, 0) is 38.8 Å². The minimum atomic E-state index is -3.77. The number of aromatic nitrogens is 1. The van der Waals surface area contributed by atoms with Crippen LogP contribution in [0, 0.1) is 27.7 Å². The zero-order valence-electron chi connectivity index (χ0n) is 14.4. The number of carbonyl (C=O) groups is 1. The molecule has 0 bridgehead atoms. The Hall–Kier alpha value is -2.19. The third kappa shape index (κ3) is 3.82. The Kier molecular flexibility index (Phi) is 5.10. The molecule has 1 heterocycles. The van der Waals surface area contributed by atoms with Gasteiger partial charge in [0.05, 0.1) is 11.4 Å². The minimum absolute atomic E-state index is 0.237. The van der Waals surface area contributed by atoms with E-state index in [9.17, 15) is 13.2 Å². The maximum absolute atomic E-state index is 12.8. The first kappa shape index (κ1) is 18.2. The van der Waals surface area contributed by atoms with Gasteiger partial charge < -0.3 is 9.84 Å². The summed E-state index contributed by atoms with van der Waals surface area (Å²) in [5, 5.41) is 6.15. The van der Waals surface area contributed by atoms with E-state index in [1.807, 2.05) is 19.1 Å². The third-order valence-electron chi connectivity index (χ3n) is 3.53. The Bertz CT molecular complexity index is 848. The van der Waals surface area contributed by atoms with E-state index in [4.69, 9.17) is 4.52 Å². The van der Waals surface area contributed by atoms with E-state index in [-0.39, 0.29) is 17.3 Å². The van der Waals surface area contributed by atoms with E-state index < -0.39 is 15.9 Å². The average Bonchev–Trinajstić information content (AvgIpc) is 2.82. The van der Waals surface area contributed by atoms with E-state index in [2.05, 4.69) is 10.5 Å². The lowest BCUT2D eigenvalue weighted by molar-refractivity contribution is -0.116. The molecule has 0 unspecified atom stereocenters. The van der Waals surface area contributed by atoms with E-state index in [0.29, 0.717) is 16.9 Å². The summed E-state index contributed by atoms with van der Waals surface area (Å²) in [4.78, 5) is 12.3. The van der Waals surface area contributed by atoms with Gasteiger partial charge in [-0.25, -0.2) is 8.42 Å². The van der Waals surface area contributed by atoms with Crippen molar-refractivity contribution in [2.75, 3.05) is 18.9 Å². The van der Waals surface area contributed by atoms with Crippen molar-refractivity contribution in [2.45, 2.75) is 32.6 Å². The highest BCUT2D eigenvalue weighted by Crippen LogP contribution is 2.24. The maximum Gasteiger partial charge on any atom is 0.243 e. The summed E-state index contributed by atoms with van der Waals surface area (Å²) in [7, 11) is -2.39. The predicted octanol–water partition coefficient (Wildman–Crippen LogP) is 2.17. The molecule has 2 aromatic rings. The zero-order chi connectivity index (χ0) is 18.1. The molecule has 1 N–H and O–H groups in total. The second kappa shape index (κ2) is 6.74. The van der Waals surface area contributed by atoms with Crippen molar-refractivity contribution >= 4 is 21.7 Å². The number of nitrogens with one attached hydrogen (secondary N) is 1. The van der Waals surface area contributed by atoms with Crippen molar-refractivity contribution in [1.82, 2.24) is 9.46 Å². The third-order valence-corrected chi connectivity index (χ3v) is 5.64. The van der Waals surface area contributed by atoms with Gasteiger partial charge >= 0.3 is 0 Å².